The van der Waals surface area contributed by atoms with Crippen LogP contribution < -0.4 is 4.90 Å². The van der Waals surface area contributed by atoms with Gasteiger partial charge < -0.3 is 5.11 Å². The minimum Gasteiger partial charge on any atom is -0.477 e. The third kappa shape index (κ3) is 3.75. The van der Waals surface area contributed by atoms with E-state index in [9.17, 15) is 32.3 Å². The van der Waals surface area contributed by atoms with Crippen LogP contribution in [0.5, 0.6) is 0 Å². The number of amides is 2. The lowest BCUT2D eigenvalue weighted by atomic mass is 10.0. The van der Waals surface area contributed by atoms with E-state index >= 15 is 0 Å². The molecule has 1 aliphatic rings. The Hall–Kier alpha value is -3.37. The molecule has 0 spiro atoms. The molecule has 0 bridgehead atoms. The summed E-state index contributed by atoms with van der Waals surface area (Å²) in [5.41, 5.74) is 0.0563. The summed E-state index contributed by atoms with van der Waals surface area (Å²) in [7, 11) is -3.91. The second-order valence-corrected chi connectivity index (χ2v) is 9.71. The highest BCUT2D eigenvalue weighted by Gasteiger charge is 2.38. The Morgan fingerprint density at radius 2 is 1.84 bits per heavy atom. The lowest BCUT2D eigenvalue weighted by Crippen LogP contribution is -2.43. The minimum atomic E-state index is -3.91. The van der Waals surface area contributed by atoms with E-state index in [2.05, 4.69) is 0 Å². The predicted molar refractivity (Wildman–Crippen MR) is 111 cm³/mol. The highest BCUT2D eigenvalue weighted by Crippen LogP contribution is 2.34. The van der Waals surface area contributed by atoms with Gasteiger partial charge in [-0.1, -0.05) is 30.3 Å². The number of imide groups is 1. The van der Waals surface area contributed by atoms with Crippen LogP contribution in [0, 0.1) is 5.82 Å². The monoisotopic (exact) mass is 459 g/mol. The topological polar surface area (TPSA) is 109 Å². The molecule has 1 aliphatic heterocycles. The van der Waals surface area contributed by atoms with Gasteiger partial charge >= 0.3 is 5.97 Å². The van der Waals surface area contributed by atoms with Gasteiger partial charge in [0, 0.05) is 0 Å². The quantitative estimate of drug-likeness (QED) is 0.463. The van der Waals surface area contributed by atoms with Gasteiger partial charge in [-0.25, -0.2) is 22.5 Å². The number of sulfone groups is 1. The standard InChI is InChI=1S/C21H14FNO6S2/c22-15-7-6-14(31(28,29)11-12-4-2-1-3-5-12)9-16(15)23-17(24)8-13-10-30-19(21(26)27)18(13)20(23)25/h1-7,9-10H,8,11H2,(H,26,27). The Morgan fingerprint density at radius 1 is 1.13 bits per heavy atom. The van der Waals surface area contributed by atoms with Gasteiger partial charge in [-0.05, 0) is 34.7 Å². The summed E-state index contributed by atoms with van der Waals surface area (Å²) in [6, 6.07) is 11.2. The molecule has 0 atom stereocenters. The fourth-order valence-electron chi connectivity index (χ4n) is 3.36. The van der Waals surface area contributed by atoms with Crippen molar-refractivity contribution in [1.82, 2.24) is 0 Å². The number of nitrogens with zero attached hydrogens (tertiary/aromatic N) is 1. The van der Waals surface area contributed by atoms with Crippen molar-refractivity contribution in [2.45, 2.75) is 17.1 Å². The zero-order valence-corrected chi connectivity index (χ0v) is 17.4. The number of benzene rings is 2. The van der Waals surface area contributed by atoms with Crippen LogP contribution in [-0.2, 0) is 26.8 Å². The second kappa shape index (κ2) is 7.71. The number of halogens is 1. The normalized spacial score (nSPS) is 13.9. The fourth-order valence-corrected chi connectivity index (χ4v) is 5.62. The van der Waals surface area contributed by atoms with Crippen molar-refractivity contribution < 1.29 is 32.3 Å². The van der Waals surface area contributed by atoms with Crippen molar-refractivity contribution in [2.75, 3.05) is 4.90 Å². The molecule has 1 aromatic heterocycles. The van der Waals surface area contributed by atoms with Crippen molar-refractivity contribution in [2.24, 2.45) is 0 Å². The Kier molecular flexibility index (Phi) is 5.19. The molecular formula is C21H14FNO6S2. The van der Waals surface area contributed by atoms with E-state index in [1.807, 2.05) is 0 Å². The number of carbonyl (C=O) groups excluding carboxylic acids is 2. The molecule has 2 heterocycles. The minimum absolute atomic E-state index is 0.186. The first-order valence-electron chi connectivity index (χ1n) is 8.96. The molecule has 0 saturated heterocycles. The lowest BCUT2D eigenvalue weighted by Gasteiger charge is -2.26. The predicted octanol–water partition coefficient (Wildman–Crippen LogP) is 3.29. The highest BCUT2D eigenvalue weighted by molar-refractivity contribution is 7.90. The maximum Gasteiger partial charge on any atom is 0.346 e. The second-order valence-electron chi connectivity index (χ2n) is 6.84. The molecule has 31 heavy (non-hydrogen) atoms. The smallest absolute Gasteiger partial charge is 0.346 e. The number of carboxylic acids is 1. The van der Waals surface area contributed by atoms with Gasteiger partial charge in [0.25, 0.3) is 5.91 Å². The Morgan fingerprint density at radius 3 is 2.52 bits per heavy atom. The van der Waals surface area contributed by atoms with E-state index in [1.54, 1.807) is 30.3 Å². The maximum absolute atomic E-state index is 14.6. The van der Waals surface area contributed by atoms with Crippen LogP contribution in [0.25, 0.3) is 0 Å². The SMILES string of the molecule is O=C(O)c1scc2c1C(=O)N(c1cc(S(=O)(=O)Cc3ccccc3)ccc1F)C(=O)C2. The van der Waals surface area contributed by atoms with Crippen LogP contribution in [0.3, 0.4) is 0 Å². The van der Waals surface area contributed by atoms with Crippen LogP contribution in [0.4, 0.5) is 10.1 Å². The number of carbonyl (C=O) groups is 3. The number of rotatable bonds is 5. The van der Waals surface area contributed by atoms with Gasteiger partial charge in [-0.3, -0.25) is 9.59 Å². The average molecular weight is 459 g/mol. The van der Waals surface area contributed by atoms with E-state index in [0.717, 1.165) is 29.5 Å². The summed E-state index contributed by atoms with van der Waals surface area (Å²) < 4.78 is 40.3. The van der Waals surface area contributed by atoms with E-state index in [1.165, 1.54) is 5.38 Å². The molecule has 10 heteroatoms. The number of aromatic carboxylic acids is 1. The Labute approximate surface area is 180 Å². The number of hydrogen-bond acceptors (Lipinski definition) is 6. The summed E-state index contributed by atoms with van der Waals surface area (Å²) in [4.78, 5) is 37.0. The van der Waals surface area contributed by atoms with Crippen LogP contribution >= 0.6 is 11.3 Å². The van der Waals surface area contributed by atoms with Crippen molar-refractivity contribution in [1.29, 1.82) is 0 Å². The molecule has 158 valence electrons. The fraction of sp³-hybridized carbons (Fsp3) is 0.0952. The van der Waals surface area contributed by atoms with Gasteiger partial charge in [0.05, 0.1) is 28.3 Å². The summed E-state index contributed by atoms with van der Waals surface area (Å²) in [5.74, 6) is -4.44. The maximum atomic E-state index is 14.6. The molecule has 0 saturated carbocycles. The molecule has 0 aliphatic carbocycles. The molecule has 7 nitrogen and oxygen atoms in total. The van der Waals surface area contributed by atoms with Crippen LogP contribution in [0.15, 0.2) is 58.8 Å². The summed E-state index contributed by atoms with van der Waals surface area (Å²) in [6.07, 6.45) is -0.300. The van der Waals surface area contributed by atoms with E-state index in [0.29, 0.717) is 10.5 Å². The third-order valence-electron chi connectivity index (χ3n) is 4.79. The molecule has 2 amide bonds. The molecular weight excluding hydrogens is 445 g/mol. The molecule has 0 fully saturated rings. The first-order chi connectivity index (χ1) is 14.7. The number of anilines is 1. The van der Waals surface area contributed by atoms with Gasteiger partial charge in [0.2, 0.25) is 5.91 Å². The van der Waals surface area contributed by atoms with Gasteiger partial charge in [0.15, 0.2) is 9.84 Å². The number of hydrogen-bond donors (Lipinski definition) is 1. The van der Waals surface area contributed by atoms with Gasteiger partial charge in [0.1, 0.15) is 10.7 Å². The summed E-state index contributed by atoms with van der Waals surface area (Å²) >= 11 is 0.800. The van der Waals surface area contributed by atoms with Gasteiger partial charge in [-0.2, -0.15) is 0 Å². The van der Waals surface area contributed by atoms with E-state index in [4.69, 9.17) is 0 Å². The molecule has 0 unspecified atom stereocenters. The number of thiophene rings is 1. The first-order valence-corrected chi connectivity index (χ1v) is 11.5. The summed E-state index contributed by atoms with van der Waals surface area (Å²) in [6.45, 7) is 0. The zero-order valence-electron chi connectivity index (χ0n) is 15.7. The largest absolute Gasteiger partial charge is 0.477 e. The van der Waals surface area contributed by atoms with E-state index < -0.39 is 39.1 Å². The lowest BCUT2D eigenvalue weighted by molar-refractivity contribution is -0.117. The van der Waals surface area contributed by atoms with Crippen LogP contribution in [0.2, 0.25) is 0 Å². The van der Waals surface area contributed by atoms with Crippen molar-refractivity contribution in [3.63, 3.8) is 0 Å². The molecule has 2 aromatic carbocycles. The summed E-state index contributed by atoms with van der Waals surface area (Å²) in [5, 5.41) is 10.7. The van der Waals surface area contributed by atoms with Crippen molar-refractivity contribution in [3.05, 3.63) is 81.3 Å². The highest BCUT2D eigenvalue weighted by atomic mass is 32.2. The first kappa shape index (κ1) is 20.9. The van der Waals surface area contributed by atoms with Gasteiger partial charge in [-0.15, -0.1) is 11.3 Å². The van der Waals surface area contributed by atoms with Crippen molar-refractivity contribution in [3.8, 4) is 0 Å². The number of fused-ring (bicyclic) bond motifs is 1. The van der Waals surface area contributed by atoms with Crippen LogP contribution in [0.1, 0.15) is 31.2 Å². The molecule has 0 radical (unpaired) electrons. The van der Waals surface area contributed by atoms with Crippen LogP contribution in [-0.4, -0.2) is 31.3 Å². The molecule has 1 N–H and O–H groups in total. The zero-order chi connectivity index (χ0) is 22.3. The third-order valence-corrected chi connectivity index (χ3v) is 7.49. The number of carboxylic acid groups (broad SMARTS) is 1. The molecule has 4 rings (SSSR count). The van der Waals surface area contributed by atoms with E-state index in [-0.39, 0.29) is 33.1 Å². The average Bonchev–Trinajstić information content (AvgIpc) is 3.14. The Bertz CT molecular complexity index is 1330. The Balaban J connectivity index is 1.76. The molecule has 3 aromatic rings. The van der Waals surface area contributed by atoms with Crippen molar-refractivity contribution >= 4 is 44.6 Å².